The van der Waals surface area contributed by atoms with E-state index in [1.54, 1.807) is 13.8 Å². The van der Waals surface area contributed by atoms with Gasteiger partial charge in [-0.1, -0.05) is 37.3 Å². The smallest absolute Gasteiger partial charge is 0.145 e. The van der Waals surface area contributed by atoms with Crippen LogP contribution in [0, 0.1) is 0 Å². The number of hydrogen-bond acceptors (Lipinski definition) is 2. The first-order valence-electron chi connectivity index (χ1n) is 5.13. The molecule has 84 valence electrons. The number of benzene rings is 1. The van der Waals surface area contributed by atoms with Crippen molar-refractivity contribution in [1.29, 1.82) is 0 Å². The van der Waals surface area contributed by atoms with Gasteiger partial charge in [0.15, 0.2) is 0 Å². The molecule has 0 aliphatic carbocycles. The van der Waals surface area contributed by atoms with Crippen molar-refractivity contribution >= 4 is 10.7 Å². The minimum atomic E-state index is -2.37. The molecule has 1 unspecified atom stereocenters. The third-order valence-electron chi connectivity index (χ3n) is 2.67. The molecule has 0 spiro atoms. The summed E-state index contributed by atoms with van der Waals surface area (Å²) in [6, 6.07) is 10.0. The van der Waals surface area contributed by atoms with E-state index < -0.39 is 15.5 Å². The molecule has 0 saturated carbocycles. The zero-order valence-corrected chi connectivity index (χ0v) is 10.3. The van der Waals surface area contributed by atoms with Crippen molar-refractivity contribution in [2.45, 2.75) is 37.9 Å². The van der Waals surface area contributed by atoms with Gasteiger partial charge in [0, 0.05) is 0 Å². The highest BCUT2D eigenvalue weighted by Crippen LogP contribution is 2.27. The highest BCUT2D eigenvalue weighted by atomic mass is 32.2. The minimum absolute atomic E-state index is 0.272. The van der Waals surface area contributed by atoms with Crippen LogP contribution in [0.4, 0.5) is 0 Å². The summed E-state index contributed by atoms with van der Waals surface area (Å²) in [5.74, 6) is 0.272. The lowest BCUT2D eigenvalue weighted by Crippen LogP contribution is -2.24. The first kappa shape index (κ1) is 12.2. The van der Waals surface area contributed by atoms with Crippen molar-refractivity contribution in [3.63, 3.8) is 0 Å². The Morgan fingerprint density at radius 2 is 1.73 bits per heavy atom. The molecule has 0 aliphatic heterocycles. The van der Waals surface area contributed by atoms with Crippen LogP contribution < -0.4 is 0 Å². The van der Waals surface area contributed by atoms with Crippen LogP contribution in [0.25, 0.3) is 0 Å². The van der Waals surface area contributed by atoms with Gasteiger partial charge in [-0.05, 0) is 31.7 Å². The fourth-order valence-corrected chi connectivity index (χ4v) is 2.15. The van der Waals surface area contributed by atoms with E-state index in [0.29, 0.717) is 6.42 Å². The summed E-state index contributed by atoms with van der Waals surface area (Å²) in [5, 5.41) is 0. The minimum Gasteiger partial charge on any atom is -0.231 e. The maximum Gasteiger partial charge on any atom is 0.145 e. The van der Waals surface area contributed by atoms with Gasteiger partial charge in [0.2, 0.25) is 0 Å². The standard InChI is InChI=1S/C12H18O2S/c1-10(9-12(2,3)15(13)14)11-7-5-4-6-8-11/h4-8,10,15H,9H2,1-3H3. The van der Waals surface area contributed by atoms with Gasteiger partial charge >= 0.3 is 0 Å². The largest absolute Gasteiger partial charge is 0.231 e. The van der Waals surface area contributed by atoms with Gasteiger partial charge in [-0.15, -0.1) is 0 Å². The maximum atomic E-state index is 11.0. The molecule has 0 radical (unpaired) electrons. The van der Waals surface area contributed by atoms with E-state index in [2.05, 4.69) is 6.92 Å². The first-order chi connectivity index (χ1) is 6.93. The monoisotopic (exact) mass is 226 g/mol. The van der Waals surface area contributed by atoms with Crippen LogP contribution in [0.15, 0.2) is 30.3 Å². The van der Waals surface area contributed by atoms with Gasteiger partial charge in [0.1, 0.15) is 10.7 Å². The van der Waals surface area contributed by atoms with Gasteiger partial charge in [-0.2, -0.15) is 0 Å². The summed E-state index contributed by atoms with van der Waals surface area (Å²) < 4.78 is 21.4. The van der Waals surface area contributed by atoms with Gasteiger partial charge in [-0.25, -0.2) is 8.42 Å². The van der Waals surface area contributed by atoms with Crippen molar-refractivity contribution < 1.29 is 8.42 Å². The topological polar surface area (TPSA) is 34.1 Å². The number of hydrogen-bond donors (Lipinski definition) is 1. The summed E-state index contributed by atoms with van der Waals surface area (Å²) in [7, 11) is -2.37. The molecule has 2 nitrogen and oxygen atoms in total. The molecule has 0 aromatic heterocycles. The molecule has 15 heavy (non-hydrogen) atoms. The average molecular weight is 226 g/mol. The lowest BCUT2D eigenvalue weighted by Gasteiger charge is -2.22. The van der Waals surface area contributed by atoms with Crippen LogP contribution in [0.5, 0.6) is 0 Å². The van der Waals surface area contributed by atoms with Crippen LogP contribution >= 0.6 is 0 Å². The van der Waals surface area contributed by atoms with E-state index in [1.807, 2.05) is 30.3 Å². The van der Waals surface area contributed by atoms with Gasteiger partial charge in [-0.3, -0.25) is 0 Å². The predicted molar refractivity (Wildman–Crippen MR) is 63.9 cm³/mol. The molecule has 1 atom stereocenters. The Morgan fingerprint density at radius 1 is 1.20 bits per heavy atom. The summed E-state index contributed by atoms with van der Waals surface area (Å²) >= 11 is 0. The normalized spacial score (nSPS) is 14.1. The van der Waals surface area contributed by atoms with Crippen molar-refractivity contribution in [2.24, 2.45) is 0 Å². The van der Waals surface area contributed by atoms with Crippen molar-refractivity contribution in [3.8, 4) is 0 Å². The molecule has 0 heterocycles. The molecule has 0 saturated heterocycles. The Kier molecular flexibility index (Phi) is 3.91. The van der Waals surface area contributed by atoms with Crippen LogP contribution in [0.3, 0.4) is 0 Å². The summed E-state index contributed by atoms with van der Waals surface area (Å²) in [4.78, 5) is 0. The molecule has 0 fully saturated rings. The first-order valence-corrected chi connectivity index (χ1v) is 6.30. The second-order valence-corrected chi connectivity index (χ2v) is 6.31. The molecule has 1 rings (SSSR count). The van der Waals surface area contributed by atoms with Crippen molar-refractivity contribution in [1.82, 2.24) is 0 Å². The lowest BCUT2D eigenvalue weighted by molar-refractivity contribution is 0.514. The Hall–Kier alpha value is -0.830. The zero-order valence-electron chi connectivity index (χ0n) is 9.43. The summed E-state index contributed by atoms with van der Waals surface area (Å²) in [6.07, 6.45) is 0.662. The predicted octanol–water partition coefficient (Wildman–Crippen LogP) is 2.57. The molecular weight excluding hydrogens is 208 g/mol. The molecule has 0 bridgehead atoms. The average Bonchev–Trinajstić information content (AvgIpc) is 2.18. The quantitative estimate of drug-likeness (QED) is 0.801. The number of rotatable bonds is 4. The van der Waals surface area contributed by atoms with Crippen LogP contribution in [0.1, 0.15) is 38.7 Å². The van der Waals surface area contributed by atoms with Crippen LogP contribution in [-0.2, 0) is 10.7 Å². The van der Waals surface area contributed by atoms with Crippen LogP contribution in [-0.4, -0.2) is 13.2 Å². The van der Waals surface area contributed by atoms with Gasteiger partial charge in [0.25, 0.3) is 0 Å². The molecular formula is C12H18O2S. The summed E-state index contributed by atoms with van der Waals surface area (Å²) in [6.45, 7) is 5.62. The van der Waals surface area contributed by atoms with Crippen molar-refractivity contribution in [2.75, 3.05) is 0 Å². The molecule has 1 aromatic rings. The lowest BCUT2D eigenvalue weighted by atomic mass is 9.91. The molecule has 0 amide bonds. The van der Waals surface area contributed by atoms with E-state index in [0.717, 1.165) is 0 Å². The molecule has 0 aliphatic rings. The fraction of sp³-hybridized carbons (Fsp3) is 0.500. The van der Waals surface area contributed by atoms with Gasteiger partial charge < -0.3 is 0 Å². The SMILES string of the molecule is CC(CC(C)(C)[SH](=O)=O)c1ccccc1. The molecule has 3 heteroatoms. The van der Waals surface area contributed by atoms with Gasteiger partial charge in [0.05, 0.1) is 4.75 Å². The Labute approximate surface area is 93.3 Å². The zero-order chi connectivity index (χ0) is 11.5. The van der Waals surface area contributed by atoms with E-state index in [-0.39, 0.29) is 5.92 Å². The highest BCUT2D eigenvalue weighted by molar-refractivity contribution is 7.74. The van der Waals surface area contributed by atoms with E-state index in [9.17, 15) is 8.42 Å². The second kappa shape index (κ2) is 4.79. The van der Waals surface area contributed by atoms with E-state index in [4.69, 9.17) is 0 Å². The second-order valence-electron chi connectivity index (χ2n) is 4.59. The third-order valence-corrected chi connectivity index (χ3v) is 3.84. The fourth-order valence-electron chi connectivity index (χ4n) is 1.72. The highest BCUT2D eigenvalue weighted by Gasteiger charge is 2.24. The Balaban J connectivity index is 2.76. The molecule has 0 N–H and O–H groups in total. The van der Waals surface area contributed by atoms with E-state index in [1.165, 1.54) is 5.56 Å². The Bertz CT molecular complexity index is 372. The van der Waals surface area contributed by atoms with Crippen LogP contribution in [0.2, 0.25) is 0 Å². The Morgan fingerprint density at radius 3 is 2.20 bits per heavy atom. The van der Waals surface area contributed by atoms with E-state index >= 15 is 0 Å². The third kappa shape index (κ3) is 3.34. The summed E-state index contributed by atoms with van der Waals surface area (Å²) in [5.41, 5.74) is 1.20. The maximum absolute atomic E-state index is 11.0. The van der Waals surface area contributed by atoms with Crippen molar-refractivity contribution in [3.05, 3.63) is 35.9 Å². The molecule has 1 aromatic carbocycles. The number of thiol groups is 1.